The molecule has 1 aliphatic rings. The number of hydrogen-bond donors (Lipinski definition) is 2. The van der Waals surface area contributed by atoms with Crippen LogP contribution in [0.25, 0.3) is 0 Å². The molecule has 1 aromatic carbocycles. The molecule has 1 fully saturated rings. The molecule has 52 heavy (non-hydrogen) atoms. The number of aliphatic imine (C=N–C) groups is 1. The summed E-state index contributed by atoms with van der Waals surface area (Å²) in [6, 6.07) is 10.4. The van der Waals surface area contributed by atoms with E-state index in [0.29, 0.717) is 0 Å². The Morgan fingerprint density at radius 2 is 1.60 bits per heavy atom. The number of ether oxygens (including phenoxy) is 3. The highest BCUT2D eigenvalue weighted by Gasteiger charge is 2.36. The van der Waals surface area contributed by atoms with E-state index in [1.165, 1.54) is 19.1 Å². The first kappa shape index (κ1) is 53.0. The van der Waals surface area contributed by atoms with Gasteiger partial charge in [0, 0.05) is 33.7 Å². The molecule has 0 aromatic heterocycles. The van der Waals surface area contributed by atoms with E-state index in [2.05, 4.69) is 52.8 Å². The van der Waals surface area contributed by atoms with E-state index in [1.807, 2.05) is 72.1 Å². The van der Waals surface area contributed by atoms with Crippen molar-refractivity contribution >= 4 is 30.4 Å². The van der Waals surface area contributed by atoms with Gasteiger partial charge in [-0.15, -0.1) is 0 Å². The summed E-state index contributed by atoms with van der Waals surface area (Å²) in [6.07, 6.45) is 6.03. The van der Waals surface area contributed by atoms with Crippen molar-refractivity contribution in [1.82, 2.24) is 20.0 Å². The maximum atomic E-state index is 12.0. The predicted molar refractivity (Wildman–Crippen MR) is 212 cm³/mol. The highest BCUT2D eigenvalue weighted by Crippen LogP contribution is 2.25. The minimum Gasteiger partial charge on any atom is -0.468 e. The number of aldehydes is 1. The number of hydrogen-bond acceptors (Lipinski definition) is 10. The Morgan fingerprint density at radius 3 is 1.96 bits per heavy atom. The van der Waals surface area contributed by atoms with Gasteiger partial charge in [0.25, 0.3) is 0 Å². The number of aryl methyl sites for hydroxylation is 1. The van der Waals surface area contributed by atoms with Gasteiger partial charge in [-0.3, -0.25) is 19.4 Å². The van der Waals surface area contributed by atoms with Gasteiger partial charge in [0.1, 0.15) is 19.4 Å². The lowest BCUT2D eigenvalue weighted by Gasteiger charge is -2.37. The van der Waals surface area contributed by atoms with Crippen molar-refractivity contribution in [2.75, 3.05) is 76.2 Å². The molecule has 0 aliphatic carbocycles. The zero-order chi connectivity index (χ0) is 40.6. The molecule has 0 radical (unpaired) electrons. The summed E-state index contributed by atoms with van der Waals surface area (Å²) in [6.45, 7) is 13.2. The van der Waals surface area contributed by atoms with Crippen molar-refractivity contribution in [3.05, 3.63) is 35.9 Å². The number of nitrogens with one attached hydrogen (secondary N) is 1. The molecule has 6 atom stereocenters. The lowest BCUT2D eigenvalue weighted by Crippen LogP contribution is -2.50. The average Bonchev–Trinajstić information content (AvgIpc) is 3.54. The Kier molecular flexibility index (Phi) is 34.1. The summed E-state index contributed by atoms with van der Waals surface area (Å²) < 4.78 is 15.4. The van der Waals surface area contributed by atoms with Crippen LogP contribution in [-0.2, 0) is 33.4 Å². The maximum absolute atomic E-state index is 12.0. The number of amides is 2. The highest BCUT2D eigenvalue weighted by atomic mass is 16.5. The second-order valence-corrected chi connectivity index (χ2v) is 13.2. The van der Waals surface area contributed by atoms with Crippen LogP contribution in [-0.4, -0.2) is 146 Å². The quantitative estimate of drug-likeness (QED) is 0.117. The van der Waals surface area contributed by atoms with Crippen LogP contribution in [0.1, 0.15) is 72.3 Å². The fourth-order valence-corrected chi connectivity index (χ4v) is 5.24. The van der Waals surface area contributed by atoms with Crippen molar-refractivity contribution in [3.63, 3.8) is 0 Å². The topological polar surface area (TPSA) is 156 Å². The van der Waals surface area contributed by atoms with Gasteiger partial charge in [-0.25, -0.2) is 0 Å². The number of nitrogens with two attached hydrogens (primary N) is 1. The molecular formula is C39H74N6O7. The zero-order valence-electron chi connectivity index (χ0n) is 34.9. The third kappa shape index (κ3) is 24.7. The predicted octanol–water partition coefficient (Wildman–Crippen LogP) is 4.06. The van der Waals surface area contributed by atoms with Crippen LogP contribution >= 0.6 is 0 Å². The van der Waals surface area contributed by atoms with Gasteiger partial charge >= 0.3 is 5.97 Å². The standard InChI is InChI=1S/C13H25N3O3.C13H24N2O4.C7H8.C3H9N.C3H8/c1-5-10(2)13(11(19-4)6-7-17)16(3)12(18)8-15-9-14;1-9(13(17)14-8-11(16)18-3)12(19-4)10-6-5-7-15(10)2;1-7-5-3-2-4-6-7;1-4(2)3;1-3-2/h7,9-11,13H,5-6,8H2,1-4H3,(H2,14,15);9-10,12H,5-8H2,1-4H3,(H,14,17);2-6H,1H3;1-3H3;3H2,1-2H3. The van der Waals surface area contributed by atoms with Gasteiger partial charge in [0.15, 0.2) is 0 Å². The van der Waals surface area contributed by atoms with Gasteiger partial charge in [0.2, 0.25) is 11.8 Å². The normalized spacial score (nSPS) is 16.4. The van der Waals surface area contributed by atoms with Crippen molar-refractivity contribution in [2.24, 2.45) is 22.6 Å². The van der Waals surface area contributed by atoms with Crippen molar-refractivity contribution in [3.8, 4) is 0 Å². The Balaban J connectivity index is -0.000000676. The summed E-state index contributed by atoms with van der Waals surface area (Å²) in [5.74, 6) is -0.856. The Labute approximate surface area is 316 Å². The second kappa shape index (κ2) is 33.4. The number of rotatable bonds is 15. The first-order valence-corrected chi connectivity index (χ1v) is 18.2. The lowest BCUT2D eigenvalue weighted by atomic mass is 9.91. The molecular weight excluding hydrogens is 664 g/mol. The van der Waals surface area contributed by atoms with Crippen LogP contribution in [0.15, 0.2) is 35.3 Å². The third-order valence-corrected chi connectivity index (χ3v) is 8.12. The molecule has 13 nitrogen and oxygen atoms in total. The Bertz CT molecular complexity index is 1070. The molecule has 2 amide bonds. The van der Waals surface area contributed by atoms with Gasteiger partial charge in [-0.2, -0.15) is 0 Å². The van der Waals surface area contributed by atoms with E-state index >= 15 is 0 Å². The maximum Gasteiger partial charge on any atom is 0.325 e. The van der Waals surface area contributed by atoms with E-state index in [-0.39, 0.29) is 67.5 Å². The van der Waals surface area contributed by atoms with E-state index in [9.17, 15) is 19.2 Å². The smallest absolute Gasteiger partial charge is 0.325 e. The summed E-state index contributed by atoms with van der Waals surface area (Å²) in [5.41, 5.74) is 6.46. The summed E-state index contributed by atoms with van der Waals surface area (Å²) in [4.78, 5) is 55.3. The number of carbonyl (C=O) groups excluding carboxylic acids is 4. The zero-order valence-corrected chi connectivity index (χ0v) is 34.9. The monoisotopic (exact) mass is 739 g/mol. The minimum absolute atomic E-state index is 0.0114. The Hall–Kier alpha value is -3.39. The van der Waals surface area contributed by atoms with Crippen molar-refractivity contribution in [1.29, 1.82) is 0 Å². The van der Waals surface area contributed by atoms with Crippen LogP contribution in [0.3, 0.4) is 0 Å². The number of likely N-dealkylation sites (N-methyl/N-ethyl adjacent to an activating group) is 2. The molecule has 6 unspecified atom stereocenters. The molecule has 0 saturated carbocycles. The fourth-order valence-electron chi connectivity index (χ4n) is 5.24. The van der Waals surface area contributed by atoms with Crippen molar-refractivity contribution in [2.45, 2.75) is 97.9 Å². The molecule has 1 aromatic rings. The van der Waals surface area contributed by atoms with E-state index in [1.54, 1.807) is 26.2 Å². The van der Waals surface area contributed by atoms with Gasteiger partial charge in [-0.05, 0) is 60.4 Å². The van der Waals surface area contributed by atoms with Crippen LogP contribution in [0, 0.1) is 18.8 Å². The molecule has 1 heterocycles. The van der Waals surface area contributed by atoms with Crippen LogP contribution < -0.4 is 11.1 Å². The molecule has 1 aliphatic heterocycles. The number of esters is 1. The van der Waals surface area contributed by atoms with Gasteiger partial charge in [0.05, 0.1) is 37.6 Å². The SMILES string of the molecule is CCC.CCC(C)C(C(CC=O)OC)N(C)C(=O)CN=CN.CN(C)C.COC(=O)CNC(=O)C(C)C(OC)C1CCCN1C.Cc1ccccc1. The van der Waals surface area contributed by atoms with Crippen LogP contribution in [0.4, 0.5) is 0 Å². The molecule has 1 saturated heterocycles. The van der Waals surface area contributed by atoms with E-state index in [0.717, 1.165) is 38.4 Å². The molecule has 302 valence electrons. The number of methoxy groups -OCH3 is 3. The van der Waals surface area contributed by atoms with E-state index < -0.39 is 5.97 Å². The first-order chi connectivity index (χ1) is 24.6. The van der Waals surface area contributed by atoms with Gasteiger partial charge < -0.3 is 44.8 Å². The fraction of sp³-hybridized carbons (Fsp3) is 0.718. The molecule has 2 rings (SSSR count). The summed E-state index contributed by atoms with van der Waals surface area (Å²) >= 11 is 0. The molecule has 0 spiro atoms. The highest BCUT2D eigenvalue weighted by molar-refractivity contribution is 5.83. The first-order valence-electron chi connectivity index (χ1n) is 18.2. The number of carbonyl (C=O) groups is 4. The minimum atomic E-state index is -0.451. The van der Waals surface area contributed by atoms with Crippen LogP contribution in [0.5, 0.6) is 0 Å². The molecule has 0 bridgehead atoms. The number of benzene rings is 1. The summed E-state index contributed by atoms with van der Waals surface area (Å²) in [5, 5.41) is 2.57. The lowest BCUT2D eigenvalue weighted by molar-refractivity contribution is -0.142. The number of nitrogens with zero attached hydrogens (tertiary/aromatic N) is 4. The number of likely N-dealkylation sites (tertiary alicyclic amines) is 1. The van der Waals surface area contributed by atoms with Crippen LogP contribution in [0.2, 0.25) is 0 Å². The van der Waals surface area contributed by atoms with E-state index in [4.69, 9.17) is 15.2 Å². The van der Waals surface area contributed by atoms with Gasteiger partial charge in [-0.1, -0.05) is 83.4 Å². The Morgan fingerprint density at radius 1 is 1.04 bits per heavy atom. The molecule has 13 heteroatoms. The largest absolute Gasteiger partial charge is 0.468 e. The third-order valence-electron chi connectivity index (χ3n) is 8.12. The van der Waals surface area contributed by atoms with Crippen molar-refractivity contribution < 1.29 is 33.4 Å². The summed E-state index contributed by atoms with van der Waals surface area (Å²) in [7, 11) is 14.2. The molecule has 3 N–H and O–H groups in total. The average molecular weight is 739 g/mol. The second-order valence-electron chi connectivity index (χ2n) is 13.2.